The minimum absolute atomic E-state index is 0.415. The van der Waals surface area contributed by atoms with Gasteiger partial charge in [0.2, 0.25) is 0 Å². The molecule has 2 aromatic rings. The molecule has 6 heteroatoms. The molecule has 19 heavy (non-hydrogen) atoms. The van der Waals surface area contributed by atoms with E-state index in [4.69, 9.17) is 17.3 Å². The molecule has 0 radical (unpaired) electrons. The van der Waals surface area contributed by atoms with Crippen LogP contribution in [0.1, 0.15) is 10.4 Å². The van der Waals surface area contributed by atoms with Crippen molar-refractivity contribution in [2.24, 2.45) is 0 Å². The summed E-state index contributed by atoms with van der Waals surface area (Å²) in [4.78, 5) is 15.4. The number of anilines is 3. The van der Waals surface area contributed by atoms with E-state index in [1.165, 1.54) is 7.11 Å². The van der Waals surface area contributed by atoms with Crippen LogP contribution in [-0.2, 0) is 4.74 Å². The fourth-order valence-electron chi connectivity index (χ4n) is 1.50. The summed E-state index contributed by atoms with van der Waals surface area (Å²) in [5.74, 6) is 0.00936. The van der Waals surface area contributed by atoms with Crippen LogP contribution >= 0.6 is 11.6 Å². The summed E-state index contributed by atoms with van der Waals surface area (Å²) in [5.41, 5.74) is 7.23. The maximum atomic E-state index is 11.5. The highest BCUT2D eigenvalue weighted by atomic mass is 35.5. The average Bonchev–Trinajstić information content (AvgIpc) is 2.43. The Bertz CT molecular complexity index is 599. The second-order valence-electron chi connectivity index (χ2n) is 3.78. The van der Waals surface area contributed by atoms with Gasteiger partial charge in [0.15, 0.2) is 0 Å². The molecule has 0 saturated heterocycles. The van der Waals surface area contributed by atoms with E-state index in [-0.39, 0.29) is 0 Å². The van der Waals surface area contributed by atoms with Crippen LogP contribution in [0.25, 0.3) is 0 Å². The Morgan fingerprint density at radius 1 is 1.37 bits per heavy atom. The summed E-state index contributed by atoms with van der Waals surface area (Å²) in [6.07, 6.45) is 1.58. The second-order valence-corrected chi connectivity index (χ2v) is 4.19. The van der Waals surface area contributed by atoms with E-state index in [1.54, 1.807) is 36.5 Å². The molecule has 0 saturated carbocycles. The van der Waals surface area contributed by atoms with Crippen molar-refractivity contribution in [1.82, 2.24) is 4.98 Å². The van der Waals surface area contributed by atoms with Crippen LogP contribution in [0, 0.1) is 0 Å². The SMILES string of the molecule is COC(=O)c1ccc(Cl)c(Nc2ccc(N)nc2)c1. The van der Waals surface area contributed by atoms with E-state index in [2.05, 4.69) is 15.0 Å². The Morgan fingerprint density at radius 3 is 2.79 bits per heavy atom. The molecule has 0 spiro atoms. The molecule has 0 aliphatic rings. The van der Waals surface area contributed by atoms with Gasteiger partial charge in [-0.25, -0.2) is 9.78 Å². The zero-order valence-corrected chi connectivity index (χ0v) is 10.9. The Labute approximate surface area is 115 Å². The molecular weight excluding hydrogens is 266 g/mol. The zero-order valence-electron chi connectivity index (χ0n) is 10.2. The smallest absolute Gasteiger partial charge is 0.337 e. The fraction of sp³-hybridized carbons (Fsp3) is 0.0769. The highest BCUT2D eigenvalue weighted by Gasteiger charge is 2.09. The first-order chi connectivity index (χ1) is 9.10. The largest absolute Gasteiger partial charge is 0.465 e. The molecule has 0 fully saturated rings. The monoisotopic (exact) mass is 277 g/mol. The summed E-state index contributed by atoms with van der Waals surface area (Å²) in [6, 6.07) is 8.27. The standard InChI is InChI=1S/C13H12ClN3O2/c1-19-13(18)8-2-4-10(14)11(6-8)17-9-3-5-12(15)16-7-9/h2-7,17H,1H3,(H2,15,16). The number of carbonyl (C=O) groups excluding carboxylic acids is 1. The molecule has 1 aromatic heterocycles. The van der Waals surface area contributed by atoms with Crippen molar-refractivity contribution in [2.75, 3.05) is 18.2 Å². The molecule has 5 nitrogen and oxygen atoms in total. The van der Waals surface area contributed by atoms with Crippen LogP contribution < -0.4 is 11.1 Å². The summed E-state index contributed by atoms with van der Waals surface area (Å²) < 4.78 is 4.66. The fourth-order valence-corrected chi connectivity index (χ4v) is 1.67. The highest BCUT2D eigenvalue weighted by Crippen LogP contribution is 2.26. The maximum Gasteiger partial charge on any atom is 0.337 e. The number of halogens is 1. The maximum absolute atomic E-state index is 11.5. The number of carbonyl (C=O) groups is 1. The van der Waals surface area contributed by atoms with Gasteiger partial charge >= 0.3 is 5.97 Å². The van der Waals surface area contributed by atoms with Gasteiger partial charge in [-0.15, -0.1) is 0 Å². The number of hydrogen-bond donors (Lipinski definition) is 2. The quantitative estimate of drug-likeness (QED) is 0.844. The molecular formula is C13H12ClN3O2. The lowest BCUT2D eigenvalue weighted by Gasteiger charge is -2.09. The van der Waals surface area contributed by atoms with E-state index in [0.29, 0.717) is 22.1 Å². The topological polar surface area (TPSA) is 77.2 Å². The van der Waals surface area contributed by atoms with E-state index < -0.39 is 5.97 Å². The van der Waals surface area contributed by atoms with Gasteiger partial charge in [-0.05, 0) is 30.3 Å². The van der Waals surface area contributed by atoms with Crippen molar-refractivity contribution >= 4 is 34.8 Å². The number of methoxy groups -OCH3 is 1. The molecule has 0 aliphatic heterocycles. The number of pyridine rings is 1. The third kappa shape index (κ3) is 3.14. The molecule has 98 valence electrons. The summed E-state index contributed by atoms with van der Waals surface area (Å²) >= 11 is 6.07. The van der Waals surface area contributed by atoms with Gasteiger partial charge in [-0.2, -0.15) is 0 Å². The molecule has 2 rings (SSSR count). The second kappa shape index (κ2) is 5.58. The van der Waals surface area contributed by atoms with Gasteiger partial charge in [0.25, 0.3) is 0 Å². The summed E-state index contributed by atoms with van der Waals surface area (Å²) in [6.45, 7) is 0. The number of aromatic nitrogens is 1. The van der Waals surface area contributed by atoms with Gasteiger partial charge < -0.3 is 15.8 Å². The first-order valence-electron chi connectivity index (χ1n) is 5.46. The number of esters is 1. The van der Waals surface area contributed by atoms with Crippen molar-refractivity contribution < 1.29 is 9.53 Å². The Hall–Kier alpha value is -2.27. The van der Waals surface area contributed by atoms with Crippen molar-refractivity contribution in [2.45, 2.75) is 0 Å². The average molecular weight is 278 g/mol. The van der Waals surface area contributed by atoms with Gasteiger partial charge in [-0.1, -0.05) is 11.6 Å². The van der Waals surface area contributed by atoms with Crippen molar-refractivity contribution in [3.05, 3.63) is 47.1 Å². The number of ether oxygens (including phenoxy) is 1. The predicted octanol–water partition coefficient (Wildman–Crippen LogP) is 2.85. The van der Waals surface area contributed by atoms with Crippen LogP contribution in [0.2, 0.25) is 5.02 Å². The number of benzene rings is 1. The molecule has 0 amide bonds. The van der Waals surface area contributed by atoms with E-state index >= 15 is 0 Å². The number of hydrogen-bond acceptors (Lipinski definition) is 5. The predicted molar refractivity (Wildman–Crippen MR) is 74.7 cm³/mol. The van der Waals surface area contributed by atoms with Gasteiger partial charge in [0, 0.05) is 0 Å². The van der Waals surface area contributed by atoms with Crippen LogP contribution in [0.5, 0.6) is 0 Å². The highest BCUT2D eigenvalue weighted by molar-refractivity contribution is 6.33. The van der Waals surface area contributed by atoms with E-state index in [0.717, 1.165) is 5.69 Å². The number of nitrogens with zero attached hydrogens (tertiary/aromatic N) is 1. The van der Waals surface area contributed by atoms with Crippen molar-refractivity contribution in [1.29, 1.82) is 0 Å². The summed E-state index contributed by atoms with van der Waals surface area (Å²) in [7, 11) is 1.33. The summed E-state index contributed by atoms with van der Waals surface area (Å²) in [5, 5.41) is 3.55. The Kier molecular flexibility index (Phi) is 3.87. The number of nitrogens with two attached hydrogens (primary N) is 1. The lowest BCUT2D eigenvalue weighted by atomic mass is 10.2. The van der Waals surface area contributed by atoms with Crippen LogP contribution in [0.4, 0.5) is 17.2 Å². The van der Waals surface area contributed by atoms with Crippen LogP contribution in [0.3, 0.4) is 0 Å². The lowest BCUT2D eigenvalue weighted by Crippen LogP contribution is -2.02. The molecule has 0 atom stereocenters. The van der Waals surface area contributed by atoms with Crippen molar-refractivity contribution in [3.63, 3.8) is 0 Å². The van der Waals surface area contributed by atoms with Gasteiger partial charge in [-0.3, -0.25) is 0 Å². The van der Waals surface area contributed by atoms with Crippen molar-refractivity contribution in [3.8, 4) is 0 Å². The third-order valence-electron chi connectivity index (χ3n) is 2.45. The van der Waals surface area contributed by atoms with E-state index in [9.17, 15) is 4.79 Å². The molecule has 1 aromatic carbocycles. The third-order valence-corrected chi connectivity index (χ3v) is 2.78. The molecule has 0 aliphatic carbocycles. The molecule has 3 N–H and O–H groups in total. The van der Waals surface area contributed by atoms with E-state index in [1.807, 2.05) is 0 Å². The Balaban J connectivity index is 2.28. The first kappa shape index (κ1) is 13.2. The first-order valence-corrected chi connectivity index (χ1v) is 5.84. The minimum atomic E-state index is -0.421. The molecule has 0 bridgehead atoms. The molecule has 0 unspecified atom stereocenters. The normalized spacial score (nSPS) is 10.0. The van der Waals surface area contributed by atoms with Gasteiger partial charge in [0.1, 0.15) is 5.82 Å². The lowest BCUT2D eigenvalue weighted by molar-refractivity contribution is 0.0601. The number of nitrogens with one attached hydrogen (secondary N) is 1. The Morgan fingerprint density at radius 2 is 2.16 bits per heavy atom. The number of rotatable bonds is 3. The van der Waals surface area contributed by atoms with Crippen LogP contribution in [0.15, 0.2) is 36.5 Å². The molecule has 1 heterocycles. The van der Waals surface area contributed by atoms with Gasteiger partial charge in [0.05, 0.1) is 35.3 Å². The minimum Gasteiger partial charge on any atom is -0.465 e. The number of nitrogen functional groups attached to an aromatic ring is 1. The zero-order chi connectivity index (χ0) is 13.8. The van der Waals surface area contributed by atoms with Crippen LogP contribution in [-0.4, -0.2) is 18.1 Å².